The van der Waals surface area contributed by atoms with E-state index in [-0.39, 0.29) is 29.5 Å². The van der Waals surface area contributed by atoms with Crippen molar-refractivity contribution in [1.82, 2.24) is 24.9 Å². The highest BCUT2D eigenvalue weighted by Gasteiger charge is 2.23. The molecule has 2 amide bonds. The molecule has 4 heterocycles. The van der Waals surface area contributed by atoms with E-state index >= 15 is 0 Å². The molecule has 0 saturated carbocycles. The lowest BCUT2D eigenvalue weighted by Gasteiger charge is -2.18. The van der Waals surface area contributed by atoms with Gasteiger partial charge >= 0.3 is 6.09 Å². The van der Waals surface area contributed by atoms with Gasteiger partial charge in [-0.2, -0.15) is 9.61 Å². The molecular formula is C25H27FN8O4Si. The summed E-state index contributed by atoms with van der Waals surface area (Å²) in [5.41, 5.74) is 9.29. The first-order valence-corrected chi connectivity index (χ1v) is 14.8. The van der Waals surface area contributed by atoms with E-state index in [2.05, 4.69) is 26.0 Å². The first-order valence-electron chi connectivity index (χ1n) is 12.4. The van der Waals surface area contributed by atoms with E-state index in [1.165, 1.54) is 16.8 Å². The summed E-state index contributed by atoms with van der Waals surface area (Å²) in [6.45, 7) is 4.27. The third kappa shape index (κ3) is 5.45. The second-order valence-corrected chi connectivity index (χ2v) is 11.2. The quantitative estimate of drug-likeness (QED) is 0.280. The van der Waals surface area contributed by atoms with E-state index in [9.17, 15) is 14.0 Å². The van der Waals surface area contributed by atoms with Crippen molar-refractivity contribution in [2.75, 3.05) is 29.1 Å². The number of hydrogen-bond acceptors (Lipinski definition) is 9. The monoisotopic (exact) mass is 550 g/mol. The van der Waals surface area contributed by atoms with Gasteiger partial charge < -0.3 is 25.5 Å². The zero-order chi connectivity index (χ0) is 27.5. The molecule has 1 aliphatic heterocycles. The molecule has 4 aromatic rings. The summed E-state index contributed by atoms with van der Waals surface area (Å²) in [7, 11) is -1.95. The van der Waals surface area contributed by atoms with Crippen molar-refractivity contribution in [2.45, 2.75) is 26.4 Å². The maximum atomic E-state index is 14.1. The highest BCUT2D eigenvalue weighted by Crippen LogP contribution is 2.35. The Morgan fingerprint density at radius 1 is 1.28 bits per heavy atom. The van der Waals surface area contributed by atoms with Crippen LogP contribution in [0.4, 0.5) is 26.5 Å². The third-order valence-electron chi connectivity index (χ3n) is 5.99. The Kier molecular flexibility index (Phi) is 7.27. The van der Waals surface area contributed by atoms with Crippen LogP contribution in [0.25, 0.3) is 16.8 Å². The minimum absolute atomic E-state index is 0.130. The summed E-state index contributed by atoms with van der Waals surface area (Å²) in [4.78, 5) is 33.7. The first kappa shape index (κ1) is 25.9. The van der Waals surface area contributed by atoms with Crippen LogP contribution in [-0.2, 0) is 11.3 Å². The Morgan fingerprint density at radius 2 is 2.08 bits per heavy atom. The number of carbonyl (C=O) groups excluding carboxylic acids is 2. The van der Waals surface area contributed by atoms with Gasteiger partial charge in [0, 0.05) is 24.0 Å². The van der Waals surface area contributed by atoms with Gasteiger partial charge in [0.25, 0.3) is 14.9 Å². The molecule has 14 heteroatoms. The van der Waals surface area contributed by atoms with Crippen LogP contribution < -0.4 is 26.1 Å². The molecule has 1 aromatic carbocycles. The van der Waals surface area contributed by atoms with Crippen molar-refractivity contribution in [1.29, 1.82) is 0 Å². The molecule has 12 nitrogen and oxygen atoms in total. The molecule has 0 aliphatic carbocycles. The molecule has 0 radical (unpaired) electrons. The Labute approximate surface area is 224 Å². The van der Waals surface area contributed by atoms with Crippen molar-refractivity contribution >= 4 is 44.0 Å². The minimum Gasteiger partial charge on any atom is -0.532 e. The summed E-state index contributed by atoms with van der Waals surface area (Å²) >= 11 is 0. The SMILES string of the molecule is CCCOC(=O)Nc1ccc(-c2c3nc4c(cnn4c2N)C(=O)NC[Si@H](C)Oc2ncc(F)cc2CN3)cc1. The summed E-state index contributed by atoms with van der Waals surface area (Å²) in [6.07, 6.45) is 2.99. The number of aromatic nitrogens is 4. The van der Waals surface area contributed by atoms with Crippen LogP contribution in [0.3, 0.4) is 0 Å². The smallest absolute Gasteiger partial charge is 0.411 e. The van der Waals surface area contributed by atoms with Gasteiger partial charge in [-0.05, 0) is 36.7 Å². The van der Waals surface area contributed by atoms with Crippen molar-refractivity contribution in [3.63, 3.8) is 0 Å². The molecule has 5 rings (SSSR count). The number of ether oxygens (including phenoxy) is 1. The van der Waals surface area contributed by atoms with Crippen LogP contribution >= 0.6 is 0 Å². The molecule has 3 aromatic heterocycles. The third-order valence-corrected chi connectivity index (χ3v) is 7.39. The van der Waals surface area contributed by atoms with Crippen LogP contribution in [0, 0.1) is 5.82 Å². The Bertz CT molecular complexity index is 1550. The van der Waals surface area contributed by atoms with Gasteiger partial charge in [0.15, 0.2) is 5.65 Å². The van der Waals surface area contributed by atoms with Crippen molar-refractivity contribution in [3.05, 3.63) is 59.7 Å². The summed E-state index contributed by atoms with van der Waals surface area (Å²) in [5.74, 6) is -0.00248. The van der Waals surface area contributed by atoms with Gasteiger partial charge in [0.05, 0.1) is 24.6 Å². The van der Waals surface area contributed by atoms with Crippen LogP contribution in [0.5, 0.6) is 5.88 Å². The highest BCUT2D eigenvalue weighted by molar-refractivity contribution is 6.51. The van der Waals surface area contributed by atoms with Crippen molar-refractivity contribution in [3.8, 4) is 17.0 Å². The van der Waals surface area contributed by atoms with Gasteiger partial charge in [0.1, 0.15) is 23.0 Å². The zero-order valence-electron chi connectivity index (χ0n) is 21.3. The van der Waals surface area contributed by atoms with Crippen molar-refractivity contribution in [2.24, 2.45) is 0 Å². The average Bonchev–Trinajstić information content (AvgIpc) is 3.35. The topological polar surface area (TPSA) is 158 Å². The molecule has 0 spiro atoms. The van der Waals surface area contributed by atoms with E-state index < -0.39 is 21.0 Å². The first-order chi connectivity index (χ1) is 18.8. The predicted octanol–water partition coefficient (Wildman–Crippen LogP) is 3.10. The predicted molar refractivity (Wildman–Crippen MR) is 146 cm³/mol. The van der Waals surface area contributed by atoms with E-state index in [1.807, 2.05) is 13.5 Å². The van der Waals surface area contributed by atoms with Crippen LogP contribution in [-0.4, -0.2) is 53.4 Å². The normalized spacial score (nSPS) is 15.2. The van der Waals surface area contributed by atoms with E-state index in [1.54, 1.807) is 24.3 Å². The number of halogens is 1. The molecule has 202 valence electrons. The molecule has 39 heavy (non-hydrogen) atoms. The second-order valence-electron chi connectivity index (χ2n) is 8.96. The van der Waals surface area contributed by atoms with Crippen LogP contribution in [0.15, 0.2) is 42.7 Å². The van der Waals surface area contributed by atoms with E-state index in [0.29, 0.717) is 53.3 Å². The number of nitrogens with one attached hydrogen (secondary N) is 3. The van der Waals surface area contributed by atoms with Gasteiger partial charge in [-0.3, -0.25) is 10.1 Å². The summed E-state index contributed by atoms with van der Waals surface area (Å²) in [5, 5.41) is 13.1. The standard InChI is InChI=1S/C25H27FN8O4Si/c1-3-8-37-25(36)32-17-6-4-14(5-7-17)19-20(27)34-22-18(12-31-34)23(35)30-13-39(2)38-24-15(9-16(26)11-29-24)10-28-21(19)33-22/h4-7,9,11-12,39H,3,8,10,13,27H2,1-2H3,(H,28,33)(H,30,35)(H,32,36)/t39-/m0/s1. The largest absolute Gasteiger partial charge is 0.532 e. The fourth-order valence-corrected chi connectivity index (χ4v) is 5.25. The van der Waals surface area contributed by atoms with Gasteiger partial charge in [-0.15, -0.1) is 0 Å². The number of amides is 2. The number of benzene rings is 1. The average molecular weight is 551 g/mol. The molecule has 0 unspecified atom stereocenters. The zero-order valence-corrected chi connectivity index (χ0v) is 22.5. The fraction of sp³-hybridized carbons (Fsp3) is 0.240. The number of hydrogen-bond donors (Lipinski definition) is 4. The summed E-state index contributed by atoms with van der Waals surface area (Å²) in [6, 6.07) is 8.27. The molecule has 0 saturated heterocycles. The number of pyridine rings is 1. The minimum atomic E-state index is -1.95. The molecule has 0 fully saturated rings. The van der Waals surface area contributed by atoms with Gasteiger partial charge in [0.2, 0.25) is 5.88 Å². The maximum Gasteiger partial charge on any atom is 0.411 e. The molecule has 2 bridgehead atoms. The van der Waals surface area contributed by atoms with Gasteiger partial charge in [-0.1, -0.05) is 19.1 Å². The number of anilines is 3. The number of carbonyl (C=O) groups is 2. The second kappa shape index (κ2) is 10.9. The van der Waals surface area contributed by atoms with E-state index in [0.717, 1.165) is 6.20 Å². The number of nitrogens with zero attached hydrogens (tertiary/aromatic N) is 4. The fourth-order valence-electron chi connectivity index (χ4n) is 4.10. The number of fused-ring (bicyclic) bond motifs is 2. The lowest BCUT2D eigenvalue weighted by Crippen LogP contribution is -2.37. The number of nitrogen functional groups attached to an aromatic ring is 1. The van der Waals surface area contributed by atoms with Crippen LogP contribution in [0.1, 0.15) is 29.3 Å². The Balaban J connectivity index is 1.57. The molecule has 5 N–H and O–H groups in total. The lowest BCUT2D eigenvalue weighted by atomic mass is 10.1. The maximum absolute atomic E-state index is 14.1. The van der Waals surface area contributed by atoms with E-state index in [4.69, 9.17) is 19.9 Å². The Morgan fingerprint density at radius 3 is 2.85 bits per heavy atom. The number of rotatable bonds is 4. The van der Waals surface area contributed by atoms with Crippen molar-refractivity contribution < 1.29 is 23.1 Å². The number of nitrogens with two attached hydrogens (primary N) is 1. The molecular weight excluding hydrogens is 523 g/mol. The summed E-state index contributed by atoms with van der Waals surface area (Å²) < 4.78 is 26.6. The van der Waals surface area contributed by atoms with Gasteiger partial charge in [-0.25, -0.2) is 19.2 Å². The lowest BCUT2D eigenvalue weighted by molar-refractivity contribution is 0.0960. The highest BCUT2D eigenvalue weighted by atomic mass is 28.3. The molecule has 1 atom stereocenters. The van der Waals surface area contributed by atoms with Crippen LogP contribution in [0.2, 0.25) is 6.55 Å². The molecule has 1 aliphatic rings. The Hall–Kier alpha value is -4.72.